The van der Waals surface area contributed by atoms with Crippen molar-refractivity contribution in [2.24, 2.45) is 0 Å². The van der Waals surface area contributed by atoms with Gasteiger partial charge in [0, 0.05) is 30.1 Å². The van der Waals surface area contributed by atoms with Gasteiger partial charge in [0.2, 0.25) is 5.91 Å². The highest BCUT2D eigenvalue weighted by molar-refractivity contribution is 7.90. The SMILES string of the molecule is Cc1ccc2[nH]cc(CCNC(=O)CCS(=O)(=O)Cc3ccccc3)c2c1. The van der Waals surface area contributed by atoms with E-state index < -0.39 is 9.84 Å². The van der Waals surface area contributed by atoms with Gasteiger partial charge >= 0.3 is 0 Å². The third kappa shape index (κ3) is 5.44. The molecule has 27 heavy (non-hydrogen) atoms. The number of carbonyl (C=O) groups excluding carboxylic acids is 1. The molecular formula is C21H24N2O3S. The van der Waals surface area contributed by atoms with Crippen molar-refractivity contribution in [3.8, 4) is 0 Å². The van der Waals surface area contributed by atoms with Crippen LogP contribution in [0.25, 0.3) is 10.9 Å². The Hall–Kier alpha value is -2.60. The molecule has 1 amide bonds. The van der Waals surface area contributed by atoms with E-state index >= 15 is 0 Å². The maximum atomic E-state index is 12.2. The van der Waals surface area contributed by atoms with Gasteiger partial charge in [0.25, 0.3) is 0 Å². The molecule has 0 saturated carbocycles. The molecule has 0 aliphatic carbocycles. The van der Waals surface area contributed by atoms with E-state index in [9.17, 15) is 13.2 Å². The maximum absolute atomic E-state index is 12.2. The number of benzene rings is 2. The average molecular weight is 385 g/mol. The lowest BCUT2D eigenvalue weighted by molar-refractivity contribution is -0.120. The highest BCUT2D eigenvalue weighted by Crippen LogP contribution is 2.19. The summed E-state index contributed by atoms with van der Waals surface area (Å²) < 4.78 is 24.3. The monoisotopic (exact) mass is 384 g/mol. The number of hydrogen-bond donors (Lipinski definition) is 2. The van der Waals surface area contributed by atoms with Gasteiger partial charge in [-0.1, -0.05) is 42.0 Å². The molecule has 0 atom stereocenters. The normalized spacial score (nSPS) is 11.6. The first kappa shape index (κ1) is 19.2. The van der Waals surface area contributed by atoms with Gasteiger partial charge in [-0.2, -0.15) is 0 Å². The van der Waals surface area contributed by atoms with Crippen LogP contribution < -0.4 is 5.32 Å². The van der Waals surface area contributed by atoms with Crippen molar-refractivity contribution < 1.29 is 13.2 Å². The minimum Gasteiger partial charge on any atom is -0.361 e. The number of aryl methyl sites for hydroxylation is 1. The quantitative estimate of drug-likeness (QED) is 0.626. The smallest absolute Gasteiger partial charge is 0.221 e. The van der Waals surface area contributed by atoms with Gasteiger partial charge in [-0.05, 0) is 36.6 Å². The minimum absolute atomic E-state index is 0.0117. The summed E-state index contributed by atoms with van der Waals surface area (Å²) in [7, 11) is -3.30. The van der Waals surface area contributed by atoms with Gasteiger partial charge in [-0.25, -0.2) is 8.42 Å². The number of fused-ring (bicyclic) bond motifs is 1. The van der Waals surface area contributed by atoms with Crippen molar-refractivity contribution in [3.63, 3.8) is 0 Å². The van der Waals surface area contributed by atoms with Crippen molar-refractivity contribution in [1.29, 1.82) is 0 Å². The van der Waals surface area contributed by atoms with E-state index in [1.165, 1.54) is 5.56 Å². The zero-order valence-electron chi connectivity index (χ0n) is 15.4. The molecule has 3 rings (SSSR count). The van der Waals surface area contributed by atoms with Gasteiger partial charge in [0.05, 0.1) is 11.5 Å². The number of rotatable bonds is 8. The number of carbonyl (C=O) groups is 1. The second-order valence-electron chi connectivity index (χ2n) is 6.79. The molecule has 1 aromatic heterocycles. The third-order valence-electron chi connectivity index (χ3n) is 4.51. The van der Waals surface area contributed by atoms with Crippen molar-refractivity contribution in [2.75, 3.05) is 12.3 Å². The highest BCUT2D eigenvalue weighted by atomic mass is 32.2. The largest absolute Gasteiger partial charge is 0.361 e. The molecule has 1 heterocycles. The number of aromatic nitrogens is 1. The van der Waals surface area contributed by atoms with Crippen LogP contribution in [0, 0.1) is 6.92 Å². The molecule has 0 fully saturated rings. The van der Waals surface area contributed by atoms with Gasteiger partial charge < -0.3 is 10.3 Å². The van der Waals surface area contributed by atoms with Crippen molar-refractivity contribution in [3.05, 3.63) is 71.4 Å². The van der Waals surface area contributed by atoms with E-state index in [4.69, 9.17) is 0 Å². The van der Waals surface area contributed by atoms with Gasteiger partial charge in [-0.15, -0.1) is 0 Å². The van der Waals surface area contributed by atoms with Crippen LogP contribution in [0.1, 0.15) is 23.1 Å². The molecule has 142 valence electrons. The fraction of sp³-hybridized carbons (Fsp3) is 0.286. The maximum Gasteiger partial charge on any atom is 0.221 e. The predicted molar refractivity (Wildman–Crippen MR) is 108 cm³/mol. The molecular weight excluding hydrogens is 360 g/mol. The molecule has 2 N–H and O–H groups in total. The summed E-state index contributed by atoms with van der Waals surface area (Å²) >= 11 is 0. The molecule has 0 saturated heterocycles. The molecule has 6 heteroatoms. The van der Waals surface area contributed by atoms with E-state index in [0.29, 0.717) is 13.0 Å². The molecule has 2 aromatic carbocycles. The Labute approximate surface area is 159 Å². The summed E-state index contributed by atoms with van der Waals surface area (Å²) in [6.07, 6.45) is 2.65. The first-order valence-electron chi connectivity index (χ1n) is 9.01. The third-order valence-corrected chi connectivity index (χ3v) is 6.11. The Kier molecular flexibility index (Phi) is 5.96. The zero-order chi connectivity index (χ0) is 19.3. The number of nitrogens with one attached hydrogen (secondary N) is 2. The van der Waals surface area contributed by atoms with E-state index in [2.05, 4.69) is 22.4 Å². The summed E-state index contributed by atoms with van der Waals surface area (Å²) in [4.78, 5) is 15.2. The standard InChI is InChI=1S/C21H24N2O3S/c1-16-7-8-20-19(13-16)18(14-23-20)9-11-22-21(24)10-12-27(25,26)15-17-5-3-2-4-6-17/h2-8,13-14,23H,9-12,15H2,1H3,(H,22,24). The predicted octanol–water partition coefficient (Wildman–Crippen LogP) is 3.14. The molecule has 0 spiro atoms. The van der Waals surface area contributed by atoms with Crippen LogP contribution >= 0.6 is 0 Å². The van der Waals surface area contributed by atoms with Crippen LogP contribution in [0.15, 0.2) is 54.7 Å². The summed E-state index contributed by atoms with van der Waals surface area (Å²) in [5.74, 6) is -0.404. The van der Waals surface area contributed by atoms with Crippen molar-refractivity contribution >= 4 is 26.6 Å². The van der Waals surface area contributed by atoms with Gasteiger partial charge in [-0.3, -0.25) is 4.79 Å². The van der Waals surface area contributed by atoms with Crippen LogP contribution in [-0.2, 0) is 26.8 Å². The fourth-order valence-corrected chi connectivity index (χ4v) is 4.41. The van der Waals surface area contributed by atoms with Crippen molar-refractivity contribution in [2.45, 2.75) is 25.5 Å². The van der Waals surface area contributed by atoms with Crippen LogP contribution in [0.3, 0.4) is 0 Å². The number of sulfone groups is 1. The second kappa shape index (κ2) is 8.39. The average Bonchev–Trinajstić information content (AvgIpc) is 3.03. The molecule has 5 nitrogen and oxygen atoms in total. The Morgan fingerprint density at radius 3 is 2.67 bits per heavy atom. The van der Waals surface area contributed by atoms with Crippen LogP contribution in [0.4, 0.5) is 0 Å². The van der Waals surface area contributed by atoms with Gasteiger partial charge in [0.1, 0.15) is 0 Å². The number of amides is 1. The molecule has 0 aliphatic heterocycles. The molecule has 0 radical (unpaired) electrons. The minimum atomic E-state index is -3.30. The summed E-state index contributed by atoms with van der Waals surface area (Å²) in [5.41, 5.74) is 4.16. The Morgan fingerprint density at radius 2 is 1.89 bits per heavy atom. The first-order valence-corrected chi connectivity index (χ1v) is 10.8. The summed E-state index contributed by atoms with van der Waals surface area (Å²) in [5, 5.41) is 3.98. The lowest BCUT2D eigenvalue weighted by atomic mass is 10.1. The van der Waals surface area contributed by atoms with Crippen molar-refractivity contribution in [1.82, 2.24) is 10.3 Å². The van der Waals surface area contributed by atoms with Crippen LogP contribution in [0.5, 0.6) is 0 Å². The van der Waals surface area contributed by atoms with Crippen LogP contribution in [0.2, 0.25) is 0 Å². The van der Waals surface area contributed by atoms with E-state index in [0.717, 1.165) is 22.0 Å². The van der Waals surface area contributed by atoms with Crippen LogP contribution in [-0.4, -0.2) is 31.6 Å². The lowest BCUT2D eigenvalue weighted by Crippen LogP contribution is -2.27. The second-order valence-corrected chi connectivity index (χ2v) is 8.97. The van der Waals surface area contributed by atoms with E-state index in [-0.39, 0.29) is 23.8 Å². The Morgan fingerprint density at radius 1 is 1.11 bits per heavy atom. The van der Waals surface area contributed by atoms with E-state index in [1.54, 1.807) is 12.1 Å². The van der Waals surface area contributed by atoms with E-state index in [1.807, 2.05) is 37.4 Å². The molecule has 3 aromatic rings. The van der Waals surface area contributed by atoms with Gasteiger partial charge in [0.15, 0.2) is 9.84 Å². The summed E-state index contributed by atoms with van der Waals surface area (Å²) in [6, 6.07) is 15.2. The number of hydrogen-bond acceptors (Lipinski definition) is 3. The fourth-order valence-electron chi connectivity index (χ4n) is 3.07. The number of aromatic amines is 1. The topological polar surface area (TPSA) is 79.0 Å². The Balaban J connectivity index is 1.46. The zero-order valence-corrected chi connectivity index (χ0v) is 16.2. The first-order chi connectivity index (χ1) is 12.9. The Bertz CT molecular complexity index is 1020. The lowest BCUT2D eigenvalue weighted by Gasteiger charge is -2.07. The molecule has 0 unspecified atom stereocenters. The molecule has 0 aliphatic rings. The molecule has 0 bridgehead atoms. The highest BCUT2D eigenvalue weighted by Gasteiger charge is 2.14. The summed E-state index contributed by atoms with van der Waals surface area (Å²) in [6.45, 7) is 2.53. The number of H-pyrrole nitrogens is 1.